The van der Waals surface area contributed by atoms with E-state index in [1.807, 2.05) is 30.8 Å². The Hall–Kier alpha value is -1.75. The van der Waals surface area contributed by atoms with Crippen LogP contribution in [0.5, 0.6) is 0 Å². The van der Waals surface area contributed by atoms with Gasteiger partial charge in [-0.05, 0) is 25.8 Å². The molecule has 0 aliphatic carbocycles. The van der Waals surface area contributed by atoms with Crippen molar-refractivity contribution < 1.29 is 5.11 Å². The minimum Gasteiger partial charge on any atom is -0.383 e. The molecule has 2 rings (SSSR count). The minimum absolute atomic E-state index is 0.685. The van der Waals surface area contributed by atoms with Crippen molar-refractivity contribution >= 4 is 0 Å². The third-order valence-corrected chi connectivity index (χ3v) is 3.08. The number of aliphatic hydroxyl groups excluding tert-OH is 1. The number of nitrogens with zero attached hydrogens (tertiary/aromatic N) is 4. The van der Waals surface area contributed by atoms with Crippen molar-refractivity contribution in [3.05, 3.63) is 41.0 Å². The van der Waals surface area contributed by atoms with Crippen molar-refractivity contribution in [3.63, 3.8) is 0 Å². The highest BCUT2D eigenvalue weighted by molar-refractivity contribution is 5.30. The van der Waals surface area contributed by atoms with Gasteiger partial charge in [0.15, 0.2) is 0 Å². The number of rotatable bonds is 5. The fourth-order valence-corrected chi connectivity index (χ4v) is 2.10. The highest BCUT2D eigenvalue weighted by Gasteiger charge is 2.17. The molecule has 0 saturated heterocycles. The van der Waals surface area contributed by atoms with Crippen molar-refractivity contribution in [1.29, 1.82) is 0 Å². The Morgan fingerprint density at radius 1 is 1.32 bits per heavy atom. The molecule has 5 heteroatoms. The van der Waals surface area contributed by atoms with E-state index in [1.165, 1.54) is 0 Å². The number of aryl methyl sites for hydroxylation is 3. The molecule has 0 radical (unpaired) electrons. The molecule has 19 heavy (non-hydrogen) atoms. The van der Waals surface area contributed by atoms with E-state index >= 15 is 0 Å². The summed E-state index contributed by atoms with van der Waals surface area (Å²) >= 11 is 0. The normalized spacial score (nSPS) is 12.6. The molecule has 0 saturated carbocycles. The van der Waals surface area contributed by atoms with Crippen LogP contribution in [0.25, 0.3) is 0 Å². The molecule has 0 aromatic carbocycles. The quantitative estimate of drug-likeness (QED) is 0.893. The largest absolute Gasteiger partial charge is 0.383 e. The van der Waals surface area contributed by atoms with Gasteiger partial charge in [0.2, 0.25) is 0 Å². The van der Waals surface area contributed by atoms with Crippen molar-refractivity contribution in [2.75, 3.05) is 0 Å². The molecular weight excluding hydrogens is 240 g/mol. The van der Waals surface area contributed by atoms with Gasteiger partial charge in [0, 0.05) is 23.9 Å². The summed E-state index contributed by atoms with van der Waals surface area (Å²) in [6.45, 7) is 6.85. The fourth-order valence-electron chi connectivity index (χ4n) is 2.10. The monoisotopic (exact) mass is 260 g/mol. The van der Waals surface area contributed by atoms with Gasteiger partial charge >= 0.3 is 0 Å². The van der Waals surface area contributed by atoms with Crippen LogP contribution in [-0.4, -0.2) is 25.1 Å². The summed E-state index contributed by atoms with van der Waals surface area (Å²) in [7, 11) is 0. The van der Waals surface area contributed by atoms with E-state index in [-0.39, 0.29) is 0 Å². The van der Waals surface area contributed by atoms with Gasteiger partial charge in [-0.1, -0.05) is 13.8 Å². The van der Waals surface area contributed by atoms with Gasteiger partial charge in [-0.15, -0.1) is 0 Å². The first kappa shape index (κ1) is 13.7. The fraction of sp³-hybridized carbons (Fsp3) is 0.500. The summed E-state index contributed by atoms with van der Waals surface area (Å²) in [6, 6.07) is 1.90. The first-order chi connectivity index (χ1) is 9.15. The van der Waals surface area contributed by atoms with E-state index in [0.29, 0.717) is 0 Å². The van der Waals surface area contributed by atoms with E-state index < -0.39 is 6.10 Å². The Labute approximate surface area is 113 Å². The molecular formula is C14H20N4O. The topological polar surface area (TPSA) is 63.8 Å². The molecule has 2 heterocycles. The van der Waals surface area contributed by atoms with Gasteiger partial charge in [0.1, 0.15) is 6.10 Å². The van der Waals surface area contributed by atoms with Crippen molar-refractivity contribution in [3.8, 4) is 0 Å². The summed E-state index contributed by atoms with van der Waals surface area (Å²) < 4.78 is 1.85. The second kappa shape index (κ2) is 5.93. The summed E-state index contributed by atoms with van der Waals surface area (Å²) in [4.78, 5) is 0. The third kappa shape index (κ3) is 2.98. The minimum atomic E-state index is -0.685. The zero-order valence-electron chi connectivity index (χ0n) is 11.7. The first-order valence-electron chi connectivity index (χ1n) is 6.69. The lowest BCUT2D eigenvalue weighted by Crippen LogP contribution is -2.07. The van der Waals surface area contributed by atoms with Gasteiger partial charge in [-0.25, -0.2) is 0 Å². The summed E-state index contributed by atoms with van der Waals surface area (Å²) in [6.07, 6.45) is 4.70. The van der Waals surface area contributed by atoms with Crippen LogP contribution in [0.15, 0.2) is 18.5 Å². The van der Waals surface area contributed by atoms with Gasteiger partial charge < -0.3 is 5.11 Å². The lowest BCUT2D eigenvalue weighted by atomic mass is 10.0. The molecule has 5 nitrogen and oxygen atoms in total. The predicted octanol–water partition coefficient (Wildman–Crippen LogP) is 2.04. The summed E-state index contributed by atoms with van der Waals surface area (Å²) in [5, 5.41) is 22.9. The Morgan fingerprint density at radius 2 is 2.11 bits per heavy atom. The molecule has 1 atom stereocenters. The molecule has 2 aromatic heterocycles. The van der Waals surface area contributed by atoms with Gasteiger partial charge in [-0.2, -0.15) is 15.3 Å². The van der Waals surface area contributed by atoms with E-state index in [0.717, 1.165) is 41.9 Å². The summed E-state index contributed by atoms with van der Waals surface area (Å²) in [5.74, 6) is 0. The molecule has 0 bridgehead atoms. The molecule has 0 amide bonds. The standard InChI is InChI=1S/C14H20N4O/c1-4-6-18-9-11(8-15-18)14(19)12-7-10(3)16-17-13(12)5-2/h7-9,14,19H,4-6H2,1-3H3. The molecule has 1 N–H and O–H groups in total. The van der Waals surface area contributed by atoms with E-state index in [2.05, 4.69) is 22.2 Å². The maximum Gasteiger partial charge on any atom is 0.109 e. The predicted molar refractivity (Wildman–Crippen MR) is 72.7 cm³/mol. The average molecular weight is 260 g/mol. The highest BCUT2D eigenvalue weighted by Crippen LogP contribution is 2.24. The first-order valence-corrected chi connectivity index (χ1v) is 6.69. The van der Waals surface area contributed by atoms with Crippen LogP contribution in [-0.2, 0) is 13.0 Å². The molecule has 1 unspecified atom stereocenters. The smallest absolute Gasteiger partial charge is 0.109 e. The molecule has 2 aromatic rings. The Bertz CT molecular complexity index is 550. The van der Waals surface area contributed by atoms with Gasteiger partial charge in [-0.3, -0.25) is 4.68 Å². The zero-order chi connectivity index (χ0) is 13.8. The SMILES string of the molecule is CCCn1cc(C(O)c2cc(C)nnc2CC)cn1. The third-order valence-electron chi connectivity index (χ3n) is 3.08. The van der Waals surface area contributed by atoms with Crippen LogP contribution >= 0.6 is 0 Å². The van der Waals surface area contributed by atoms with E-state index in [4.69, 9.17) is 0 Å². The second-order valence-electron chi connectivity index (χ2n) is 4.68. The second-order valence-corrected chi connectivity index (χ2v) is 4.68. The van der Waals surface area contributed by atoms with E-state index in [9.17, 15) is 5.11 Å². The van der Waals surface area contributed by atoms with Gasteiger partial charge in [0.25, 0.3) is 0 Å². The Morgan fingerprint density at radius 3 is 2.79 bits per heavy atom. The van der Waals surface area contributed by atoms with Crippen LogP contribution in [0.2, 0.25) is 0 Å². The summed E-state index contributed by atoms with van der Waals surface area (Å²) in [5.41, 5.74) is 3.27. The van der Waals surface area contributed by atoms with Crippen molar-refractivity contribution in [1.82, 2.24) is 20.0 Å². The zero-order valence-corrected chi connectivity index (χ0v) is 11.7. The van der Waals surface area contributed by atoms with Crippen LogP contribution in [0.1, 0.15) is 48.9 Å². The van der Waals surface area contributed by atoms with Crippen molar-refractivity contribution in [2.45, 2.75) is 46.3 Å². The van der Waals surface area contributed by atoms with Crippen molar-refractivity contribution in [2.24, 2.45) is 0 Å². The number of hydrogen-bond donors (Lipinski definition) is 1. The highest BCUT2D eigenvalue weighted by atomic mass is 16.3. The average Bonchev–Trinajstić information content (AvgIpc) is 2.87. The van der Waals surface area contributed by atoms with Crippen LogP contribution < -0.4 is 0 Å². The molecule has 0 spiro atoms. The maximum absolute atomic E-state index is 10.5. The van der Waals surface area contributed by atoms with Gasteiger partial charge in [0.05, 0.1) is 17.6 Å². The molecule has 0 fully saturated rings. The Balaban J connectivity index is 2.31. The molecule has 0 aliphatic heterocycles. The Kier molecular flexibility index (Phi) is 4.27. The van der Waals surface area contributed by atoms with Crippen LogP contribution in [0.3, 0.4) is 0 Å². The molecule has 102 valence electrons. The number of aromatic nitrogens is 4. The number of hydrogen-bond acceptors (Lipinski definition) is 4. The van der Waals surface area contributed by atoms with E-state index in [1.54, 1.807) is 6.20 Å². The lowest BCUT2D eigenvalue weighted by molar-refractivity contribution is 0.218. The maximum atomic E-state index is 10.5. The molecule has 0 aliphatic rings. The van der Waals surface area contributed by atoms with Crippen LogP contribution in [0, 0.1) is 6.92 Å². The number of aliphatic hydroxyl groups is 1. The lowest BCUT2D eigenvalue weighted by Gasteiger charge is -2.12. The van der Waals surface area contributed by atoms with Crippen LogP contribution in [0.4, 0.5) is 0 Å².